The number of anilines is 1. The van der Waals surface area contributed by atoms with Crippen LogP contribution >= 0.6 is 0 Å². The SMILES string of the molecule is CCCN(c1ccc(CN)cc1)C1CC(C)(C)OC1(C)C. The first-order chi connectivity index (χ1) is 9.79. The fourth-order valence-corrected chi connectivity index (χ4v) is 3.55. The Morgan fingerprint density at radius 2 is 1.81 bits per heavy atom. The predicted molar refractivity (Wildman–Crippen MR) is 89.6 cm³/mol. The van der Waals surface area contributed by atoms with Gasteiger partial charge in [0.25, 0.3) is 0 Å². The number of benzene rings is 1. The van der Waals surface area contributed by atoms with Gasteiger partial charge in [-0.3, -0.25) is 0 Å². The predicted octanol–water partition coefficient (Wildman–Crippen LogP) is 3.71. The molecule has 3 nitrogen and oxygen atoms in total. The molecule has 0 aliphatic carbocycles. The Morgan fingerprint density at radius 3 is 2.24 bits per heavy atom. The van der Waals surface area contributed by atoms with Crippen LogP contribution in [-0.2, 0) is 11.3 Å². The summed E-state index contributed by atoms with van der Waals surface area (Å²) in [6.45, 7) is 12.7. The zero-order valence-electron chi connectivity index (χ0n) is 14.1. The summed E-state index contributed by atoms with van der Waals surface area (Å²) in [6, 6.07) is 9.05. The molecule has 0 amide bonds. The number of nitrogens with zero attached hydrogens (tertiary/aromatic N) is 1. The number of nitrogens with two attached hydrogens (primary N) is 1. The molecule has 2 rings (SSSR count). The molecule has 1 aromatic carbocycles. The van der Waals surface area contributed by atoms with Crippen molar-refractivity contribution in [2.75, 3.05) is 11.4 Å². The normalized spacial score (nSPS) is 23.2. The van der Waals surface area contributed by atoms with Crippen molar-refractivity contribution in [3.05, 3.63) is 29.8 Å². The van der Waals surface area contributed by atoms with E-state index in [-0.39, 0.29) is 11.2 Å². The molecule has 0 saturated carbocycles. The third-order valence-electron chi connectivity index (χ3n) is 4.37. The van der Waals surface area contributed by atoms with Crippen molar-refractivity contribution in [3.63, 3.8) is 0 Å². The summed E-state index contributed by atoms with van der Waals surface area (Å²) in [5.74, 6) is 0. The number of hydrogen-bond donors (Lipinski definition) is 1. The molecular formula is C18H30N2O. The Balaban J connectivity index is 2.29. The fourth-order valence-electron chi connectivity index (χ4n) is 3.55. The van der Waals surface area contributed by atoms with Gasteiger partial charge in [0.2, 0.25) is 0 Å². The summed E-state index contributed by atoms with van der Waals surface area (Å²) < 4.78 is 6.28. The third kappa shape index (κ3) is 3.58. The van der Waals surface area contributed by atoms with Crippen LogP contribution in [-0.4, -0.2) is 23.8 Å². The van der Waals surface area contributed by atoms with Crippen LogP contribution in [0.15, 0.2) is 24.3 Å². The van der Waals surface area contributed by atoms with Crippen LogP contribution in [0.1, 0.15) is 53.0 Å². The van der Waals surface area contributed by atoms with Crippen LogP contribution in [0.3, 0.4) is 0 Å². The second-order valence-electron chi connectivity index (χ2n) is 7.25. The molecule has 1 saturated heterocycles. The number of hydrogen-bond acceptors (Lipinski definition) is 3. The first-order valence-electron chi connectivity index (χ1n) is 8.05. The van der Waals surface area contributed by atoms with Gasteiger partial charge in [-0.1, -0.05) is 19.1 Å². The lowest BCUT2D eigenvalue weighted by atomic mass is 9.92. The maximum Gasteiger partial charge on any atom is 0.0837 e. The lowest BCUT2D eigenvalue weighted by Crippen LogP contribution is -2.47. The zero-order chi connectivity index (χ0) is 15.7. The molecule has 1 aromatic rings. The van der Waals surface area contributed by atoms with Crippen molar-refractivity contribution in [2.45, 2.75) is 71.2 Å². The van der Waals surface area contributed by atoms with Gasteiger partial charge in [0.1, 0.15) is 0 Å². The molecule has 1 heterocycles. The summed E-state index contributed by atoms with van der Waals surface area (Å²) in [7, 11) is 0. The Labute approximate surface area is 129 Å². The van der Waals surface area contributed by atoms with E-state index in [0.29, 0.717) is 12.6 Å². The Bertz CT molecular complexity index is 465. The van der Waals surface area contributed by atoms with E-state index in [0.717, 1.165) is 19.4 Å². The van der Waals surface area contributed by atoms with Gasteiger partial charge < -0.3 is 15.4 Å². The minimum absolute atomic E-state index is 0.0582. The molecule has 3 heteroatoms. The first-order valence-corrected chi connectivity index (χ1v) is 8.05. The van der Waals surface area contributed by atoms with Crippen LogP contribution in [0.4, 0.5) is 5.69 Å². The third-order valence-corrected chi connectivity index (χ3v) is 4.37. The van der Waals surface area contributed by atoms with E-state index in [1.165, 1.54) is 11.3 Å². The highest BCUT2D eigenvalue weighted by Crippen LogP contribution is 2.41. The van der Waals surface area contributed by atoms with Gasteiger partial charge in [-0.25, -0.2) is 0 Å². The Kier molecular flexibility index (Phi) is 4.64. The van der Waals surface area contributed by atoms with Gasteiger partial charge >= 0.3 is 0 Å². The highest BCUT2D eigenvalue weighted by atomic mass is 16.5. The number of rotatable bonds is 5. The van der Waals surface area contributed by atoms with E-state index in [2.05, 4.69) is 63.8 Å². The molecule has 1 fully saturated rings. The lowest BCUT2D eigenvalue weighted by molar-refractivity contribution is -0.0679. The molecule has 1 unspecified atom stereocenters. The minimum Gasteiger partial charge on any atom is -0.367 e. The summed E-state index contributed by atoms with van der Waals surface area (Å²) >= 11 is 0. The largest absolute Gasteiger partial charge is 0.367 e. The van der Waals surface area contributed by atoms with E-state index in [1.54, 1.807) is 0 Å². The van der Waals surface area contributed by atoms with Crippen LogP contribution in [0, 0.1) is 0 Å². The molecule has 118 valence electrons. The highest BCUT2D eigenvalue weighted by Gasteiger charge is 2.48. The number of ether oxygens (including phenoxy) is 1. The molecule has 2 N–H and O–H groups in total. The molecule has 0 spiro atoms. The Hall–Kier alpha value is -1.06. The average molecular weight is 290 g/mol. The van der Waals surface area contributed by atoms with E-state index in [4.69, 9.17) is 10.5 Å². The Morgan fingerprint density at radius 1 is 1.19 bits per heavy atom. The van der Waals surface area contributed by atoms with E-state index in [9.17, 15) is 0 Å². The van der Waals surface area contributed by atoms with E-state index in [1.807, 2.05) is 0 Å². The van der Waals surface area contributed by atoms with Crippen molar-refractivity contribution < 1.29 is 4.74 Å². The second kappa shape index (κ2) is 5.98. The molecule has 0 aromatic heterocycles. The topological polar surface area (TPSA) is 38.5 Å². The minimum atomic E-state index is -0.134. The highest BCUT2D eigenvalue weighted by molar-refractivity contribution is 5.49. The maximum absolute atomic E-state index is 6.28. The van der Waals surface area contributed by atoms with Crippen LogP contribution in [0.25, 0.3) is 0 Å². The standard InChI is InChI=1S/C18H30N2O/c1-6-11-20(15-9-7-14(13-19)8-10-15)16-12-17(2,3)21-18(16,4)5/h7-10,16H,6,11-13,19H2,1-5H3. The van der Waals surface area contributed by atoms with Gasteiger partial charge in [0.05, 0.1) is 17.2 Å². The van der Waals surface area contributed by atoms with Crippen LogP contribution in [0.2, 0.25) is 0 Å². The molecule has 1 aliphatic heterocycles. The monoisotopic (exact) mass is 290 g/mol. The van der Waals surface area contributed by atoms with Crippen LogP contribution < -0.4 is 10.6 Å². The van der Waals surface area contributed by atoms with Gasteiger partial charge in [-0.2, -0.15) is 0 Å². The van der Waals surface area contributed by atoms with Crippen molar-refractivity contribution in [3.8, 4) is 0 Å². The van der Waals surface area contributed by atoms with Crippen molar-refractivity contribution in [1.82, 2.24) is 0 Å². The van der Waals surface area contributed by atoms with Gasteiger partial charge in [-0.05, 0) is 58.2 Å². The van der Waals surface area contributed by atoms with Gasteiger partial charge in [0, 0.05) is 18.8 Å². The van der Waals surface area contributed by atoms with Crippen molar-refractivity contribution >= 4 is 5.69 Å². The smallest absolute Gasteiger partial charge is 0.0837 e. The van der Waals surface area contributed by atoms with Crippen LogP contribution in [0.5, 0.6) is 0 Å². The average Bonchev–Trinajstić information content (AvgIpc) is 2.64. The molecule has 0 radical (unpaired) electrons. The zero-order valence-corrected chi connectivity index (χ0v) is 14.1. The first kappa shape index (κ1) is 16.3. The van der Waals surface area contributed by atoms with Gasteiger partial charge in [0.15, 0.2) is 0 Å². The molecule has 21 heavy (non-hydrogen) atoms. The quantitative estimate of drug-likeness (QED) is 0.898. The lowest BCUT2D eigenvalue weighted by Gasteiger charge is -2.38. The summed E-state index contributed by atoms with van der Waals surface area (Å²) in [5.41, 5.74) is 7.96. The summed E-state index contributed by atoms with van der Waals surface area (Å²) in [6.07, 6.45) is 2.18. The summed E-state index contributed by atoms with van der Waals surface area (Å²) in [5, 5.41) is 0. The van der Waals surface area contributed by atoms with E-state index < -0.39 is 0 Å². The van der Waals surface area contributed by atoms with E-state index >= 15 is 0 Å². The summed E-state index contributed by atoms with van der Waals surface area (Å²) in [4.78, 5) is 2.51. The maximum atomic E-state index is 6.28. The fraction of sp³-hybridized carbons (Fsp3) is 0.667. The second-order valence-corrected chi connectivity index (χ2v) is 7.25. The molecule has 0 bridgehead atoms. The molecular weight excluding hydrogens is 260 g/mol. The molecule has 1 aliphatic rings. The van der Waals surface area contributed by atoms with Crippen molar-refractivity contribution in [1.29, 1.82) is 0 Å². The van der Waals surface area contributed by atoms with Crippen molar-refractivity contribution in [2.24, 2.45) is 5.73 Å². The van der Waals surface area contributed by atoms with Gasteiger partial charge in [-0.15, -0.1) is 0 Å². The molecule has 1 atom stereocenters.